The molecule has 0 fully saturated rings. The van der Waals surface area contributed by atoms with Crippen LogP contribution in [0.5, 0.6) is 0 Å². The first-order valence-electron chi connectivity index (χ1n) is 9.40. The van der Waals surface area contributed by atoms with Gasteiger partial charge in [-0.05, 0) is 50.1 Å². The molecule has 2 aromatic carbocycles. The van der Waals surface area contributed by atoms with E-state index in [2.05, 4.69) is 31.1 Å². The second kappa shape index (κ2) is 7.55. The van der Waals surface area contributed by atoms with Gasteiger partial charge in [0.15, 0.2) is 0 Å². The average molecular weight is 374 g/mol. The van der Waals surface area contributed by atoms with E-state index in [0.717, 1.165) is 27.9 Å². The Balaban J connectivity index is 2.08. The second-order valence-corrected chi connectivity index (χ2v) is 8.18. The van der Waals surface area contributed by atoms with Gasteiger partial charge in [0.2, 0.25) is 0 Å². The molecule has 4 nitrogen and oxygen atoms in total. The van der Waals surface area contributed by atoms with Crippen molar-refractivity contribution in [3.63, 3.8) is 0 Å². The van der Waals surface area contributed by atoms with E-state index in [1.54, 1.807) is 6.07 Å². The highest BCUT2D eigenvalue weighted by molar-refractivity contribution is 6.04. The van der Waals surface area contributed by atoms with E-state index in [1.165, 1.54) is 11.1 Å². The minimum Gasteiger partial charge on any atom is -0.313 e. The van der Waals surface area contributed by atoms with Crippen LogP contribution in [0, 0.1) is 19.3 Å². The standard InChI is InChI=1S/C24H26N2O2/c1-15-11-12-18(13-16(15)2)22-14-20(19-9-7-8-10-21(19)25-22)23(27)28-26-17(3)24(4,5)6/h7-14H,1-6H3/b26-17+. The van der Waals surface area contributed by atoms with Crippen molar-refractivity contribution in [1.82, 2.24) is 4.98 Å². The molecule has 1 heterocycles. The normalized spacial score (nSPS) is 12.3. The summed E-state index contributed by atoms with van der Waals surface area (Å²) in [6.45, 7) is 12.1. The number of pyridine rings is 1. The quantitative estimate of drug-likeness (QED) is 0.316. The predicted octanol–water partition coefficient (Wildman–Crippen LogP) is 6.10. The maximum atomic E-state index is 12.8. The molecular formula is C24H26N2O2. The molecule has 144 valence electrons. The lowest BCUT2D eigenvalue weighted by atomic mass is 9.91. The molecule has 0 aliphatic heterocycles. The third-order valence-corrected chi connectivity index (χ3v) is 5.09. The zero-order chi connectivity index (χ0) is 20.5. The number of hydrogen-bond donors (Lipinski definition) is 0. The Morgan fingerprint density at radius 3 is 2.39 bits per heavy atom. The molecule has 0 bridgehead atoms. The number of rotatable bonds is 3. The van der Waals surface area contributed by atoms with Gasteiger partial charge in [-0.2, -0.15) is 0 Å². The van der Waals surface area contributed by atoms with Crippen LogP contribution in [-0.2, 0) is 4.84 Å². The van der Waals surface area contributed by atoms with Crippen molar-refractivity contribution in [3.8, 4) is 11.3 Å². The predicted molar refractivity (Wildman–Crippen MR) is 115 cm³/mol. The van der Waals surface area contributed by atoms with Crippen molar-refractivity contribution in [2.45, 2.75) is 41.5 Å². The Labute approximate surface area is 166 Å². The Bertz CT molecular complexity index is 1080. The summed E-state index contributed by atoms with van der Waals surface area (Å²) in [7, 11) is 0. The van der Waals surface area contributed by atoms with Crippen LogP contribution in [0.4, 0.5) is 0 Å². The SMILES string of the molecule is C/C(=N\OC(=O)c1cc(-c2ccc(C)c(C)c2)nc2ccccc12)C(C)(C)C. The van der Waals surface area contributed by atoms with Crippen molar-refractivity contribution in [2.24, 2.45) is 10.6 Å². The summed E-state index contributed by atoms with van der Waals surface area (Å²) < 4.78 is 0. The third kappa shape index (κ3) is 4.11. The number of carbonyl (C=O) groups excluding carboxylic acids is 1. The molecular weight excluding hydrogens is 348 g/mol. The number of carbonyl (C=O) groups is 1. The smallest absolute Gasteiger partial charge is 0.313 e. The van der Waals surface area contributed by atoms with Gasteiger partial charge in [0.25, 0.3) is 0 Å². The highest BCUT2D eigenvalue weighted by Gasteiger charge is 2.18. The van der Waals surface area contributed by atoms with E-state index < -0.39 is 5.97 Å². The lowest BCUT2D eigenvalue weighted by molar-refractivity contribution is 0.0514. The van der Waals surface area contributed by atoms with E-state index in [9.17, 15) is 4.79 Å². The first-order valence-corrected chi connectivity index (χ1v) is 9.40. The van der Waals surface area contributed by atoms with Gasteiger partial charge in [0.05, 0.1) is 22.5 Å². The van der Waals surface area contributed by atoms with Crippen LogP contribution in [0.2, 0.25) is 0 Å². The van der Waals surface area contributed by atoms with Gasteiger partial charge in [0.1, 0.15) is 0 Å². The Morgan fingerprint density at radius 1 is 1.00 bits per heavy atom. The van der Waals surface area contributed by atoms with Crippen LogP contribution in [0.15, 0.2) is 53.7 Å². The van der Waals surface area contributed by atoms with Gasteiger partial charge in [-0.15, -0.1) is 0 Å². The van der Waals surface area contributed by atoms with Gasteiger partial charge >= 0.3 is 5.97 Å². The van der Waals surface area contributed by atoms with Gasteiger partial charge in [-0.3, -0.25) is 0 Å². The zero-order valence-electron chi connectivity index (χ0n) is 17.3. The summed E-state index contributed by atoms with van der Waals surface area (Å²) in [5.74, 6) is -0.479. The number of aryl methyl sites for hydroxylation is 2. The minimum atomic E-state index is -0.479. The Morgan fingerprint density at radius 2 is 1.71 bits per heavy atom. The zero-order valence-corrected chi connectivity index (χ0v) is 17.3. The first kappa shape index (κ1) is 19.7. The monoisotopic (exact) mass is 374 g/mol. The Hall–Kier alpha value is -3.01. The highest BCUT2D eigenvalue weighted by Crippen LogP contribution is 2.27. The van der Waals surface area contributed by atoms with Crippen LogP contribution in [0.25, 0.3) is 22.2 Å². The van der Waals surface area contributed by atoms with Crippen molar-refractivity contribution in [3.05, 3.63) is 65.2 Å². The first-order chi connectivity index (χ1) is 13.2. The highest BCUT2D eigenvalue weighted by atomic mass is 16.7. The van der Waals surface area contributed by atoms with Crippen molar-refractivity contribution in [1.29, 1.82) is 0 Å². The number of hydrogen-bond acceptors (Lipinski definition) is 4. The van der Waals surface area contributed by atoms with E-state index in [1.807, 2.05) is 58.0 Å². The lowest BCUT2D eigenvalue weighted by Gasteiger charge is -2.16. The number of fused-ring (bicyclic) bond motifs is 1. The van der Waals surface area contributed by atoms with Crippen molar-refractivity contribution < 1.29 is 9.63 Å². The molecule has 0 spiro atoms. The summed E-state index contributed by atoms with van der Waals surface area (Å²) >= 11 is 0. The fourth-order valence-electron chi connectivity index (χ4n) is 2.69. The summed E-state index contributed by atoms with van der Waals surface area (Å²) in [4.78, 5) is 22.9. The van der Waals surface area contributed by atoms with Crippen LogP contribution in [0.3, 0.4) is 0 Å². The molecule has 28 heavy (non-hydrogen) atoms. The topological polar surface area (TPSA) is 51.5 Å². The molecule has 3 rings (SSSR count). The largest absolute Gasteiger partial charge is 0.366 e. The maximum Gasteiger partial charge on any atom is 0.366 e. The summed E-state index contributed by atoms with van der Waals surface area (Å²) in [5.41, 5.74) is 5.92. The van der Waals surface area contributed by atoms with Crippen molar-refractivity contribution in [2.75, 3.05) is 0 Å². The molecule has 0 aliphatic carbocycles. The molecule has 3 aromatic rings. The summed E-state index contributed by atoms with van der Waals surface area (Å²) in [6, 6.07) is 15.5. The molecule has 0 saturated carbocycles. The fraction of sp³-hybridized carbons (Fsp3) is 0.292. The van der Waals surface area contributed by atoms with Crippen molar-refractivity contribution >= 4 is 22.6 Å². The number of nitrogens with zero attached hydrogens (tertiary/aromatic N) is 2. The van der Waals surface area contributed by atoms with E-state index in [-0.39, 0.29) is 5.41 Å². The van der Waals surface area contributed by atoms with E-state index in [4.69, 9.17) is 9.82 Å². The molecule has 0 radical (unpaired) electrons. The molecule has 0 atom stereocenters. The van der Waals surface area contributed by atoms with Crippen LogP contribution < -0.4 is 0 Å². The molecule has 0 aliphatic rings. The molecule has 0 unspecified atom stereocenters. The maximum absolute atomic E-state index is 12.8. The third-order valence-electron chi connectivity index (χ3n) is 5.09. The van der Waals surface area contributed by atoms with Gasteiger partial charge in [0, 0.05) is 16.4 Å². The van der Waals surface area contributed by atoms with Gasteiger partial charge in [-0.1, -0.05) is 56.3 Å². The Kier molecular flexibility index (Phi) is 5.32. The fourth-order valence-corrected chi connectivity index (χ4v) is 2.69. The number of oxime groups is 1. The number of aromatic nitrogens is 1. The molecule has 4 heteroatoms. The average Bonchev–Trinajstić information content (AvgIpc) is 2.66. The number of benzene rings is 2. The molecule has 0 N–H and O–H groups in total. The second-order valence-electron chi connectivity index (χ2n) is 8.18. The van der Waals surface area contributed by atoms with E-state index in [0.29, 0.717) is 5.56 Å². The lowest BCUT2D eigenvalue weighted by Crippen LogP contribution is -2.18. The van der Waals surface area contributed by atoms with Gasteiger partial charge in [-0.25, -0.2) is 9.78 Å². The molecule has 0 amide bonds. The summed E-state index contributed by atoms with van der Waals surface area (Å²) in [6.07, 6.45) is 0. The number of para-hydroxylation sites is 1. The molecule has 1 aromatic heterocycles. The van der Waals surface area contributed by atoms with E-state index >= 15 is 0 Å². The van der Waals surface area contributed by atoms with Crippen LogP contribution in [0.1, 0.15) is 49.2 Å². The summed E-state index contributed by atoms with van der Waals surface area (Å²) in [5, 5.41) is 4.81. The van der Waals surface area contributed by atoms with Crippen LogP contribution in [-0.4, -0.2) is 16.7 Å². The minimum absolute atomic E-state index is 0.162. The van der Waals surface area contributed by atoms with Gasteiger partial charge < -0.3 is 4.84 Å². The van der Waals surface area contributed by atoms with Crippen LogP contribution >= 0.6 is 0 Å². The molecule has 0 saturated heterocycles.